The van der Waals surface area contributed by atoms with Gasteiger partial charge in [0.1, 0.15) is 0 Å². The van der Waals surface area contributed by atoms with Crippen molar-refractivity contribution < 1.29 is 18.0 Å². The molecule has 0 radical (unpaired) electrons. The topological polar surface area (TPSA) is 110 Å². The van der Waals surface area contributed by atoms with Gasteiger partial charge >= 0.3 is 0 Å². The first-order valence-electron chi connectivity index (χ1n) is 9.04. The van der Waals surface area contributed by atoms with E-state index in [-0.39, 0.29) is 28.5 Å². The molecule has 3 rings (SSSR count). The molecule has 26 heavy (non-hydrogen) atoms. The summed E-state index contributed by atoms with van der Waals surface area (Å²) in [6.07, 6.45) is 4.52. The van der Waals surface area contributed by atoms with Crippen molar-refractivity contribution in [2.45, 2.75) is 37.0 Å². The van der Waals surface area contributed by atoms with Gasteiger partial charge < -0.3 is 10.2 Å². The summed E-state index contributed by atoms with van der Waals surface area (Å²) in [6, 6.07) is 6.29. The Morgan fingerprint density at radius 3 is 2.35 bits per heavy atom. The van der Waals surface area contributed by atoms with Gasteiger partial charge in [-0.1, -0.05) is 12.1 Å². The maximum atomic E-state index is 12.4. The fourth-order valence-corrected chi connectivity index (χ4v) is 3.93. The van der Waals surface area contributed by atoms with E-state index in [1.54, 1.807) is 12.1 Å². The van der Waals surface area contributed by atoms with Gasteiger partial charge in [0.2, 0.25) is 21.8 Å². The van der Waals surface area contributed by atoms with E-state index in [4.69, 9.17) is 5.14 Å². The molecular weight excluding hydrogens is 354 g/mol. The molecule has 142 valence electrons. The van der Waals surface area contributed by atoms with Crippen LogP contribution < -0.4 is 10.5 Å². The summed E-state index contributed by atoms with van der Waals surface area (Å²) in [7, 11) is -3.69. The van der Waals surface area contributed by atoms with Gasteiger partial charge in [-0.05, 0) is 49.8 Å². The molecule has 0 aromatic heterocycles. The van der Waals surface area contributed by atoms with Gasteiger partial charge in [0, 0.05) is 19.6 Å². The maximum Gasteiger partial charge on any atom is 0.238 e. The summed E-state index contributed by atoms with van der Waals surface area (Å²) in [6.45, 7) is 2.09. The van der Waals surface area contributed by atoms with Crippen molar-refractivity contribution in [2.75, 3.05) is 19.6 Å². The number of primary sulfonamides is 1. The van der Waals surface area contributed by atoms with Crippen molar-refractivity contribution in [1.29, 1.82) is 0 Å². The zero-order valence-electron chi connectivity index (χ0n) is 14.7. The molecule has 3 N–H and O–H groups in total. The predicted molar refractivity (Wildman–Crippen MR) is 96.6 cm³/mol. The lowest BCUT2D eigenvalue weighted by atomic mass is 10.1. The smallest absolute Gasteiger partial charge is 0.238 e. The molecule has 1 aromatic rings. The predicted octanol–water partition coefficient (Wildman–Crippen LogP) is 0.641. The highest BCUT2D eigenvalue weighted by Crippen LogP contribution is 2.40. The van der Waals surface area contributed by atoms with Crippen molar-refractivity contribution in [3.05, 3.63) is 29.8 Å². The van der Waals surface area contributed by atoms with Gasteiger partial charge in [-0.15, -0.1) is 0 Å². The number of carbonyl (C=O) groups is 2. The lowest BCUT2D eigenvalue weighted by Gasteiger charge is -2.26. The van der Waals surface area contributed by atoms with Crippen LogP contribution in [-0.2, 0) is 26.0 Å². The largest absolute Gasteiger partial charge is 0.356 e. The molecule has 1 aliphatic carbocycles. The number of carbonyl (C=O) groups excluding carboxylic acids is 2. The van der Waals surface area contributed by atoms with E-state index in [1.807, 2.05) is 4.90 Å². The second-order valence-corrected chi connectivity index (χ2v) is 8.63. The van der Waals surface area contributed by atoms with Crippen LogP contribution in [0, 0.1) is 11.8 Å². The van der Waals surface area contributed by atoms with Crippen LogP contribution in [-0.4, -0.2) is 44.8 Å². The van der Waals surface area contributed by atoms with E-state index < -0.39 is 10.0 Å². The average Bonchev–Trinajstić information content (AvgIpc) is 3.42. The van der Waals surface area contributed by atoms with Crippen LogP contribution in [0.15, 0.2) is 29.2 Å². The van der Waals surface area contributed by atoms with Gasteiger partial charge in [0.15, 0.2) is 0 Å². The summed E-state index contributed by atoms with van der Waals surface area (Å²) < 4.78 is 22.4. The van der Waals surface area contributed by atoms with Crippen LogP contribution in [0.3, 0.4) is 0 Å². The Kier molecular flexibility index (Phi) is 5.62. The van der Waals surface area contributed by atoms with Crippen LogP contribution in [0.4, 0.5) is 0 Å². The van der Waals surface area contributed by atoms with E-state index in [9.17, 15) is 18.0 Å². The number of hydrogen-bond acceptors (Lipinski definition) is 4. The Bertz CT molecular complexity index is 770. The number of piperidine rings is 1. The summed E-state index contributed by atoms with van der Waals surface area (Å²) in [5.41, 5.74) is 0.912. The van der Waals surface area contributed by atoms with E-state index in [0.717, 1.165) is 31.5 Å². The van der Waals surface area contributed by atoms with Crippen LogP contribution in [0.2, 0.25) is 0 Å². The van der Waals surface area contributed by atoms with Crippen molar-refractivity contribution >= 4 is 21.8 Å². The third-order valence-corrected chi connectivity index (χ3v) is 6.01. The highest BCUT2D eigenvalue weighted by atomic mass is 32.2. The fourth-order valence-electron chi connectivity index (χ4n) is 3.41. The lowest BCUT2D eigenvalue weighted by Crippen LogP contribution is -2.38. The molecule has 1 saturated carbocycles. The standard InChI is InChI=1S/C18H25N3O4S/c19-26(24,25)14-6-4-13(5-7-14)8-9-20-17(22)15-12-16(15)18(23)21-10-2-1-3-11-21/h4-7,15-16H,1-3,8-12H2,(H,20,22)(H2,19,24,25). The lowest BCUT2D eigenvalue weighted by molar-refractivity contribution is -0.135. The molecule has 0 spiro atoms. The molecule has 2 amide bonds. The van der Waals surface area contributed by atoms with Crippen molar-refractivity contribution in [3.63, 3.8) is 0 Å². The third kappa shape index (κ3) is 4.62. The summed E-state index contributed by atoms with van der Waals surface area (Å²) in [4.78, 5) is 26.5. The molecule has 1 heterocycles. The van der Waals surface area contributed by atoms with Gasteiger partial charge in [0.25, 0.3) is 0 Å². The number of nitrogens with one attached hydrogen (secondary N) is 1. The van der Waals surface area contributed by atoms with E-state index in [0.29, 0.717) is 19.4 Å². The van der Waals surface area contributed by atoms with Crippen molar-refractivity contribution in [1.82, 2.24) is 10.2 Å². The van der Waals surface area contributed by atoms with Crippen LogP contribution in [0.5, 0.6) is 0 Å². The second-order valence-electron chi connectivity index (χ2n) is 7.06. The molecule has 1 aromatic carbocycles. The number of nitrogens with zero attached hydrogens (tertiary/aromatic N) is 1. The number of sulfonamides is 1. The highest BCUT2D eigenvalue weighted by Gasteiger charge is 2.49. The zero-order chi connectivity index (χ0) is 18.7. The maximum absolute atomic E-state index is 12.4. The minimum atomic E-state index is -3.69. The quantitative estimate of drug-likeness (QED) is 0.756. The molecule has 7 nitrogen and oxygen atoms in total. The highest BCUT2D eigenvalue weighted by molar-refractivity contribution is 7.89. The van der Waals surface area contributed by atoms with Crippen molar-refractivity contribution in [2.24, 2.45) is 17.0 Å². The summed E-state index contributed by atoms with van der Waals surface area (Å²) in [5.74, 6) is -0.290. The summed E-state index contributed by atoms with van der Waals surface area (Å²) >= 11 is 0. The SMILES string of the molecule is NS(=O)(=O)c1ccc(CCNC(=O)C2CC2C(=O)N2CCCCC2)cc1. The molecule has 2 aliphatic rings. The molecule has 2 fully saturated rings. The number of amides is 2. The fraction of sp³-hybridized carbons (Fsp3) is 0.556. The average molecular weight is 379 g/mol. The minimum absolute atomic E-state index is 0.0680. The number of rotatable bonds is 6. The molecule has 0 bridgehead atoms. The Morgan fingerprint density at radius 2 is 1.73 bits per heavy atom. The molecule has 1 saturated heterocycles. The molecular formula is C18H25N3O4S. The molecule has 8 heteroatoms. The molecule has 1 aliphatic heterocycles. The molecule has 2 unspecified atom stereocenters. The number of nitrogens with two attached hydrogens (primary N) is 1. The Hall–Kier alpha value is -1.93. The van der Waals surface area contributed by atoms with Gasteiger partial charge in [-0.3, -0.25) is 9.59 Å². The van der Waals surface area contributed by atoms with E-state index in [2.05, 4.69) is 5.32 Å². The first-order chi connectivity index (χ1) is 12.4. The van der Waals surface area contributed by atoms with Crippen LogP contribution in [0.1, 0.15) is 31.2 Å². The van der Waals surface area contributed by atoms with Gasteiger partial charge in [-0.25, -0.2) is 13.6 Å². The zero-order valence-corrected chi connectivity index (χ0v) is 15.5. The van der Waals surface area contributed by atoms with Gasteiger partial charge in [-0.2, -0.15) is 0 Å². The number of benzene rings is 1. The Labute approximate surface area is 154 Å². The normalized spacial score (nSPS) is 22.7. The van der Waals surface area contributed by atoms with E-state index in [1.165, 1.54) is 18.6 Å². The van der Waals surface area contributed by atoms with Crippen molar-refractivity contribution in [3.8, 4) is 0 Å². The van der Waals surface area contributed by atoms with Crippen LogP contribution >= 0.6 is 0 Å². The van der Waals surface area contributed by atoms with E-state index >= 15 is 0 Å². The Balaban J connectivity index is 1.41. The summed E-state index contributed by atoms with van der Waals surface area (Å²) in [5, 5.41) is 7.94. The van der Waals surface area contributed by atoms with Crippen LogP contribution in [0.25, 0.3) is 0 Å². The monoisotopic (exact) mass is 379 g/mol. The first-order valence-corrected chi connectivity index (χ1v) is 10.6. The minimum Gasteiger partial charge on any atom is -0.356 e. The third-order valence-electron chi connectivity index (χ3n) is 5.08. The number of likely N-dealkylation sites (tertiary alicyclic amines) is 1. The number of hydrogen-bond donors (Lipinski definition) is 2. The van der Waals surface area contributed by atoms with Gasteiger partial charge in [0.05, 0.1) is 16.7 Å². The Morgan fingerprint density at radius 1 is 1.08 bits per heavy atom. The molecule has 2 atom stereocenters. The second kappa shape index (κ2) is 7.75. The first kappa shape index (κ1) is 18.8.